The summed E-state index contributed by atoms with van der Waals surface area (Å²) in [6.45, 7) is 3.84. The van der Waals surface area contributed by atoms with E-state index in [1.54, 1.807) is 16.0 Å². The molecule has 1 amide bonds. The molecule has 3 aromatic rings. The lowest BCUT2D eigenvalue weighted by atomic mass is 10.2. The van der Waals surface area contributed by atoms with Crippen LogP contribution < -0.4 is 0 Å². The number of hydrogen-bond donors (Lipinski definition) is 0. The third-order valence-electron chi connectivity index (χ3n) is 6.19. The highest BCUT2D eigenvalue weighted by Crippen LogP contribution is 2.32. The number of benzene rings is 1. The first-order chi connectivity index (χ1) is 15.5. The smallest absolute Gasteiger partial charge is 0.274 e. The van der Waals surface area contributed by atoms with E-state index in [-0.39, 0.29) is 23.5 Å². The number of nitrogens with zero attached hydrogens (tertiary/aromatic N) is 4. The summed E-state index contributed by atoms with van der Waals surface area (Å²) < 4.78 is 25.9. The fourth-order valence-electron chi connectivity index (χ4n) is 4.47. The van der Waals surface area contributed by atoms with E-state index in [1.165, 1.54) is 5.56 Å². The molecule has 0 saturated carbocycles. The molecule has 0 radical (unpaired) electrons. The van der Waals surface area contributed by atoms with Gasteiger partial charge >= 0.3 is 0 Å². The van der Waals surface area contributed by atoms with Gasteiger partial charge in [-0.1, -0.05) is 36.4 Å². The van der Waals surface area contributed by atoms with E-state index in [9.17, 15) is 13.2 Å². The third kappa shape index (κ3) is 4.51. The summed E-state index contributed by atoms with van der Waals surface area (Å²) in [5.41, 5.74) is 2.50. The van der Waals surface area contributed by atoms with E-state index in [0.29, 0.717) is 25.2 Å². The molecule has 0 unspecified atom stereocenters. The molecule has 7 nitrogen and oxygen atoms in total. The van der Waals surface area contributed by atoms with Gasteiger partial charge in [0.1, 0.15) is 0 Å². The fraction of sp³-hybridized carbons (Fsp3) is 0.391. The van der Waals surface area contributed by atoms with Gasteiger partial charge in [-0.25, -0.2) is 8.42 Å². The molecule has 5 rings (SSSR count). The van der Waals surface area contributed by atoms with Crippen molar-refractivity contribution in [2.24, 2.45) is 0 Å². The standard InChI is InChI=1S/C23H26N4O3S2/c28-23(26-11-9-25(10-12-26)16-18-5-2-1-3-6-18)20-15-21(22-7-4-13-31-22)27(24-20)19-8-14-32(29,30)17-19/h1-7,13,15,19H,8-12,14,16-17H2/t19-/m0/s1. The Morgan fingerprint density at radius 3 is 2.50 bits per heavy atom. The number of carbonyl (C=O) groups excluding carboxylic acids is 1. The zero-order valence-corrected chi connectivity index (χ0v) is 19.4. The van der Waals surface area contributed by atoms with Gasteiger partial charge in [-0.3, -0.25) is 14.4 Å². The molecular weight excluding hydrogens is 444 g/mol. The van der Waals surface area contributed by atoms with Crippen molar-refractivity contribution in [1.82, 2.24) is 19.6 Å². The summed E-state index contributed by atoms with van der Waals surface area (Å²) in [5, 5.41) is 6.61. The molecular formula is C23H26N4O3S2. The summed E-state index contributed by atoms with van der Waals surface area (Å²) in [7, 11) is -3.05. The van der Waals surface area contributed by atoms with Gasteiger partial charge in [-0.2, -0.15) is 5.10 Å². The lowest BCUT2D eigenvalue weighted by Crippen LogP contribution is -2.48. The highest BCUT2D eigenvalue weighted by Gasteiger charge is 2.33. The van der Waals surface area contributed by atoms with Gasteiger partial charge in [0.05, 0.1) is 28.1 Å². The van der Waals surface area contributed by atoms with E-state index in [0.717, 1.165) is 30.2 Å². The zero-order valence-electron chi connectivity index (χ0n) is 17.8. The normalized spacial score (nSPS) is 21.1. The Morgan fingerprint density at radius 1 is 1.06 bits per heavy atom. The maximum absolute atomic E-state index is 13.3. The van der Waals surface area contributed by atoms with E-state index in [4.69, 9.17) is 0 Å². The molecule has 0 aliphatic carbocycles. The molecule has 2 aliphatic heterocycles. The molecule has 2 saturated heterocycles. The van der Waals surface area contributed by atoms with Crippen LogP contribution in [0.4, 0.5) is 0 Å². The van der Waals surface area contributed by atoms with Crippen molar-refractivity contribution in [3.05, 3.63) is 65.2 Å². The Morgan fingerprint density at radius 2 is 1.84 bits per heavy atom. The van der Waals surface area contributed by atoms with Crippen LogP contribution in [0.15, 0.2) is 53.9 Å². The van der Waals surface area contributed by atoms with Crippen LogP contribution in [0.5, 0.6) is 0 Å². The highest BCUT2D eigenvalue weighted by molar-refractivity contribution is 7.91. The molecule has 1 atom stereocenters. The molecule has 0 bridgehead atoms. The van der Waals surface area contributed by atoms with Crippen LogP contribution >= 0.6 is 11.3 Å². The third-order valence-corrected chi connectivity index (χ3v) is 8.83. The maximum atomic E-state index is 13.3. The first-order valence-corrected chi connectivity index (χ1v) is 13.6. The number of carbonyl (C=O) groups is 1. The second kappa shape index (κ2) is 8.80. The highest BCUT2D eigenvalue weighted by atomic mass is 32.2. The maximum Gasteiger partial charge on any atom is 0.274 e. The predicted octanol–water partition coefficient (Wildman–Crippen LogP) is 2.93. The van der Waals surface area contributed by atoms with E-state index < -0.39 is 9.84 Å². The van der Waals surface area contributed by atoms with Crippen molar-refractivity contribution in [2.75, 3.05) is 37.7 Å². The van der Waals surface area contributed by atoms with Crippen molar-refractivity contribution in [3.63, 3.8) is 0 Å². The summed E-state index contributed by atoms with van der Waals surface area (Å²) in [5.74, 6) is 0.175. The van der Waals surface area contributed by atoms with Crippen LogP contribution in [0.2, 0.25) is 0 Å². The minimum atomic E-state index is -3.05. The van der Waals surface area contributed by atoms with Crippen LogP contribution in [0.25, 0.3) is 10.6 Å². The molecule has 1 aromatic carbocycles. The number of thiophene rings is 1. The van der Waals surface area contributed by atoms with Gasteiger partial charge in [0.15, 0.2) is 15.5 Å². The first kappa shape index (κ1) is 21.4. The molecule has 4 heterocycles. The van der Waals surface area contributed by atoms with Crippen LogP contribution in [0.1, 0.15) is 28.5 Å². The molecule has 2 aromatic heterocycles. The molecule has 9 heteroatoms. The Hall–Kier alpha value is -2.49. The summed E-state index contributed by atoms with van der Waals surface area (Å²) in [6.07, 6.45) is 0.536. The minimum absolute atomic E-state index is 0.0817. The average Bonchev–Trinajstić information content (AvgIpc) is 3.54. The number of aromatic nitrogens is 2. The summed E-state index contributed by atoms with van der Waals surface area (Å²) >= 11 is 1.57. The second-order valence-electron chi connectivity index (χ2n) is 8.45. The summed E-state index contributed by atoms with van der Waals surface area (Å²) in [6, 6.07) is 15.9. The largest absolute Gasteiger partial charge is 0.335 e. The molecule has 168 valence electrons. The Balaban J connectivity index is 1.31. The van der Waals surface area contributed by atoms with Gasteiger partial charge in [0.2, 0.25) is 0 Å². The number of sulfone groups is 1. The predicted molar refractivity (Wildman–Crippen MR) is 125 cm³/mol. The van der Waals surface area contributed by atoms with E-state index in [2.05, 4.69) is 22.1 Å². The van der Waals surface area contributed by atoms with Crippen LogP contribution in [-0.4, -0.2) is 71.6 Å². The first-order valence-electron chi connectivity index (χ1n) is 10.9. The molecule has 0 N–H and O–H groups in total. The molecule has 32 heavy (non-hydrogen) atoms. The summed E-state index contributed by atoms with van der Waals surface area (Å²) in [4.78, 5) is 18.5. The van der Waals surface area contributed by atoms with Crippen molar-refractivity contribution >= 4 is 27.1 Å². The quantitative estimate of drug-likeness (QED) is 0.573. The fourth-order valence-corrected chi connectivity index (χ4v) is 6.89. The average molecular weight is 471 g/mol. The number of piperazine rings is 1. The van der Waals surface area contributed by atoms with Crippen molar-refractivity contribution in [3.8, 4) is 10.6 Å². The minimum Gasteiger partial charge on any atom is -0.335 e. The van der Waals surface area contributed by atoms with Crippen molar-refractivity contribution in [1.29, 1.82) is 0 Å². The lowest BCUT2D eigenvalue weighted by Gasteiger charge is -2.34. The van der Waals surface area contributed by atoms with Crippen molar-refractivity contribution in [2.45, 2.75) is 19.0 Å². The molecule has 2 fully saturated rings. The lowest BCUT2D eigenvalue weighted by molar-refractivity contribution is 0.0621. The van der Waals surface area contributed by atoms with E-state index in [1.807, 2.05) is 46.7 Å². The van der Waals surface area contributed by atoms with Gasteiger partial charge in [-0.15, -0.1) is 11.3 Å². The van der Waals surface area contributed by atoms with Crippen LogP contribution in [-0.2, 0) is 16.4 Å². The Kier molecular flexibility index (Phi) is 5.88. The number of hydrogen-bond acceptors (Lipinski definition) is 6. The Labute approximate surface area is 192 Å². The van der Waals surface area contributed by atoms with E-state index >= 15 is 0 Å². The topological polar surface area (TPSA) is 75.5 Å². The second-order valence-corrected chi connectivity index (χ2v) is 11.6. The SMILES string of the molecule is O=C(c1cc(-c2cccs2)n([C@H]2CCS(=O)(=O)C2)n1)N1CCN(Cc2ccccc2)CC1. The van der Waals surface area contributed by atoms with Crippen molar-refractivity contribution < 1.29 is 13.2 Å². The van der Waals surface area contributed by atoms with Gasteiger partial charge < -0.3 is 4.90 Å². The molecule has 0 spiro atoms. The van der Waals surface area contributed by atoms with Crippen LogP contribution in [0, 0.1) is 0 Å². The molecule has 2 aliphatic rings. The zero-order chi connectivity index (χ0) is 22.1. The van der Waals surface area contributed by atoms with Gasteiger partial charge in [0, 0.05) is 32.7 Å². The van der Waals surface area contributed by atoms with Gasteiger partial charge in [-0.05, 0) is 29.5 Å². The number of amides is 1. The van der Waals surface area contributed by atoms with Crippen LogP contribution in [0.3, 0.4) is 0 Å². The number of rotatable bonds is 5. The monoisotopic (exact) mass is 470 g/mol. The van der Waals surface area contributed by atoms with Gasteiger partial charge in [0.25, 0.3) is 5.91 Å². The Bertz CT molecular complexity index is 1180.